The van der Waals surface area contributed by atoms with Gasteiger partial charge >= 0.3 is 0 Å². The summed E-state index contributed by atoms with van der Waals surface area (Å²) in [5, 5.41) is 6.71. The number of rotatable bonds is 13. The van der Waals surface area contributed by atoms with Crippen LogP contribution >= 0.6 is 0 Å². The summed E-state index contributed by atoms with van der Waals surface area (Å²) in [6, 6.07) is 19.2. The summed E-state index contributed by atoms with van der Waals surface area (Å²) >= 11 is 0. The zero-order chi connectivity index (χ0) is 26.5. The summed E-state index contributed by atoms with van der Waals surface area (Å²) < 4.78 is 27.2. The Morgan fingerprint density at radius 2 is 1.38 bits per heavy atom. The molecular formula is C27H29N3O7. The number of anilines is 1. The predicted octanol–water partition coefficient (Wildman–Crippen LogP) is 3.65. The molecular weight excluding hydrogens is 478 g/mol. The molecule has 0 unspecified atom stereocenters. The number of methoxy groups -OCH3 is 2. The van der Waals surface area contributed by atoms with Crippen LogP contribution in [0.1, 0.15) is 12.5 Å². The summed E-state index contributed by atoms with van der Waals surface area (Å²) in [6.45, 7) is 1.77. The highest BCUT2D eigenvalue weighted by molar-refractivity contribution is 5.93. The van der Waals surface area contributed by atoms with Crippen LogP contribution in [-0.4, -0.2) is 52.1 Å². The molecule has 0 saturated carbocycles. The fourth-order valence-corrected chi connectivity index (χ4v) is 3.16. The summed E-state index contributed by atoms with van der Waals surface area (Å²) in [6.07, 6.45) is 1.46. The van der Waals surface area contributed by atoms with Crippen molar-refractivity contribution in [3.63, 3.8) is 0 Å². The summed E-state index contributed by atoms with van der Waals surface area (Å²) in [5.41, 5.74) is 3.61. The van der Waals surface area contributed by atoms with Gasteiger partial charge in [0.05, 0.1) is 32.7 Å². The van der Waals surface area contributed by atoms with Crippen molar-refractivity contribution in [3.05, 3.63) is 72.3 Å². The van der Waals surface area contributed by atoms with Crippen LogP contribution in [0.25, 0.3) is 0 Å². The molecule has 0 saturated heterocycles. The molecule has 0 aliphatic heterocycles. The lowest BCUT2D eigenvalue weighted by atomic mass is 10.2. The highest BCUT2D eigenvalue weighted by Gasteiger charge is 2.11. The van der Waals surface area contributed by atoms with Crippen LogP contribution in [0, 0.1) is 0 Å². The van der Waals surface area contributed by atoms with Crippen LogP contribution in [0.15, 0.2) is 71.8 Å². The van der Waals surface area contributed by atoms with Gasteiger partial charge in [0.15, 0.2) is 36.2 Å². The van der Waals surface area contributed by atoms with E-state index >= 15 is 0 Å². The molecule has 10 nitrogen and oxygen atoms in total. The van der Waals surface area contributed by atoms with Gasteiger partial charge in [-0.25, -0.2) is 5.43 Å². The molecule has 3 aromatic rings. The Morgan fingerprint density at radius 1 is 0.757 bits per heavy atom. The Labute approximate surface area is 215 Å². The number of carbonyl (C=O) groups excluding carboxylic acids is 2. The number of nitrogens with zero attached hydrogens (tertiary/aromatic N) is 1. The average Bonchev–Trinajstić information content (AvgIpc) is 2.92. The molecule has 0 aliphatic carbocycles. The SMILES string of the molecule is CCOc1cc(/C=N/NC(=O)COc2ccccc2OC)ccc1OCC(=O)Nc1ccccc1OC. The van der Waals surface area contributed by atoms with E-state index in [0.29, 0.717) is 46.6 Å². The van der Waals surface area contributed by atoms with Gasteiger partial charge in [-0.05, 0) is 55.0 Å². The lowest BCUT2D eigenvalue weighted by molar-refractivity contribution is -0.123. The maximum Gasteiger partial charge on any atom is 0.277 e. The number of nitrogens with one attached hydrogen (secondary N) is 2. The minimum Gasteiger partial charge on any atom is -0.495 e. The Bertz CT molecular complexity index is 1230. The van der Waals surface area contributed by atoms with Gasteiger partial charge in [-0.3, -0.25) is 9.59 Å². The number of ether oxygens (including phenoxy) is 5. The van der Waals surface area contributed by atoms with Crippen molar-refractivity contribution < 1.29 is 33.3 Å². The van der Waals surface area contributed by atoms with Gasteiger partial charge in [-0.1, -0.05) is 24.3 Å². The quantitative estimate of drug-likeness (QED) is 0.268. The topological polar surface area (TPSA) is 117 Å². The molecule has 0 spiro atoms. The molecule has 0 heterocycles. The van der Waals surface area contributed by atoms with Gasteiger partial charge in [0, 0.05) is 0 Å². The van der Waals surface area contributed by atoms with Gasteiger partial charge < -0.3 is 29.0 Å². The smallest absolute Gasteiger partial charge is 0.277 e. The first kappa shape index (κ1) is 26.9. The second-order valence-corrected chi connectivity index (χ2v) is 7.41. The fraction of sp³-hybridized carbons (Fsp3) is 0.222. The third-order valence-electron chi connectivity index (χ3n) is 4.84. The molecule has 2 amide bonds. The van der Waals surface area contributed by atoms with Crippen LogP contribution in [0.4, 0.5) is 5.69 Å². The van der Waals surface area contributed by atoms with Crippen LogP contribution < -0.4 is 34.4 Å². The van der Waals surface area contributed by atoms with E-state index in [1.54, 1.807) is 60.7 Å². The number of para-hydroxylation sites is 4. The minimum absolute atomic E-state index is 0.228. The lowest BCUT2D eigenvalue weighted by Crippen LogP contribution is -2.24. The number of carbonyl (C=O) groups is 2. The van der Waals surface area contributed by atoms with Crippen LogP contribution in [0.2, 0.25) is 0 Å². The molecule has 0 fully saturated rings. The van der Waals surface area contributed by atoms with E-state index in [1.807, 2.05) is 13.0 Å². The molecule has 3 aromatic carbocycles. The molecule has 0 aliphatic rings. The lowest BCUT2D eigenvalue weighted by Gasteiger charge is -2.13. The number of hydrogen-bond donors (Lipinski definition) is 2. The Kier molecular flexibility index (Phi) is 10.2. The summed E-state index contributed by atoms with van der Waals surface area (Å²) in [5.74, 6) is 1.57. The Morgan fingerprint density at radius 3 is 2.08 bits per heavy atom. The molecule has 0 bridgehead atoms. The zero-order valence-electron chi connectivity index (χ0n) is 20.9. The maximum atomic E-state index is 12.4. The standard InChI is InChI=1S/C27H29N3O7/c1-4-35-25-15-19(16-28-30-27(32)18-37-23-12-8-7-11-22(23)34-3)13-14-24(25)36-17-26(31)29-20-9-5-6-10-21(20)33-2/h5-16H,4,17-18H2,1-3H3,(H,29,31)(H,30,32)/b28-16+. The van der Waals surface area contributed by atoms with E-state index < -0.39 is 5.91 Å². The van der Waals surface area contributed by atoms with E-state index in [2.05, 4.69) is 15.8 Å². The van der Waals surface area contributed by atoms with Crippen molar-refractivity contribution >= 4 is 23.7 Å². The Hall–Kier alpha value is -4.73. The van der Waals surface area contributed by atoms with Crippen LogP contribution in [0.3, 0.4) is 0 Å². The van der Waals surface area contributed by atoms with Gasteiger partial charge in [-0.2, -0.15) is 5.10 Å². The average molecular weight is 508 g/mol. The molecule has 3 rings (SSSR count). The van der Waals surface area contributed by atoms with Crippen molar-refractivity contribution in [2.75, 3.05) is 39.4 Å². The highest BCUT2D eigenvalue weighted by atomic mass is 16.5. The Balaban J connectivity index is 1.54. The van der Waals surface area contributed by atoms with E-state index in [-0.39, 0.29) is 19.1 Å². The summed E-state index contributed by atoms with van der Waals surface area (Å²) in [4.78, 5) is 24.4. The van der Waals surface area contributed by atoms with E-state index in [1.165, 1.54) is 20.4 Å². The van der Waals surface area contributed by atoms with Crippen molar-refractivity contribution in [3.8, 4) is 28.7 Å². The largest absolute Gasteiger partial charge is 0.495 e. The number of amides is 2. The fourth-order valence-electron chi connectivity index (χ4n) is 3.16. The first-order valence-electron chi connectivity index (χ1n) is 11.4. The number of hydrogen-bond acceptors (Lipinski definition) is 8. The van der Waals surface area contributed by atoms with E-state index in [0.717, 1.165) is 0 Å². The maximum absolute atomic E-state index is 12.4. The third-order valence-corrected chi connectivity index (χ3v) is 4.84. The molecule has 2 N–H and O–H groups in total. The molecule has 37 heavy (non-hydrogen) atoms. The molecule has 194 valence electrons. The van der Waals surface area contributed by atoms with Crippen molar-refractivity contribution in [1.29, 1.82) is 0 Å². The molecule has 0 atom stereocenters. The highest BCUT2D eigenvalue weighted by Crippen LogP contribution is 2.29. The van der Waals surface area contributed by atoms with Gasteiger partial charge in [-0.15, -0.1) is 0 Å². The van der Waals surface area contributed by atoms with Gasteiger partial charge in [0.25, 0.3) is 11.8 Å². The summed E-state index contributed by atoms with van der Waals surface area (Å²) in [7, 11) is 3.05. The van der Waals surface area contributed by atoms with Crippen molar-refractivity contribution in [1.82, 2.24) is 5.43 Å². The first-order chi connectivity index (χ1) is 18.0. The van der Waals surface area contributed by atoms with Crippen molar-refractivity contribution in [2.45, 2.75) is 6.92 Å². The van der Waals surface area contributed by atoms with Gasteiger partial charge in [0.1, 0.15) is 5.75 Å². The zero-order valence-corrected chi connectivity index (χ0v) is 20.9. The molecule has 0 radical (unpaired) electrons. The number of benzene rings is 3. The van der Waals surface area contributed by atoms with E-state index in [9.17, 15) is 9.59 Å². The predicted molar refractivity (Wildman–Crippen MR) is 139 cm³/mol. The van der Waals surface area contributed by atoms with Crippen LogP contribution in [0.5, 0.6) is 28.7 Å². The molecule has 10 heteroatoms. The van der Waals surface area contributed by atoms with Crippen LogP contribution in [-0.2, 0) is 9.59 Å². The van der Waals surface area contributed by atoms with E-state index in [4.69, 9.17) is 23.7 Å². The van der Waals surface area contributed by atoms with Crippen molar-refractivity contribution in [2.24, 2.45) is 5.10 Å². The third kappa shape index (κ3) is 8.17. The van der Waals surface area contributed by atoms with Gasteiger partial charge in [0.2, 0.25) is 0 Å². The normalized spacial score (nSPS) is 10.5. The monoisotopic (exact) mass is 507 g/mol. The second kappa shape index (κ2) is 14.0. The second-order valence-electron chi connectivity index (χ2n) is 7.41. The minimum atomic E-state index is -0.437. The molecule has 0 aromatic heterocycles. The number of hydrazone groups is 1. The first-order valence-corrected chi connectivity index (χ1v) is 11.4.